The Morgan fingerprint density at radius 3 is 1.83 bits per heavy atom. The number of benzene rings is 1. The number of nitrogens with zero attached hydrogens (tertiary/aromatic N) is 1. The van der Waals surface area contributed by atoms with Gasteiger partial charge in [-0.1, -0.05) is 67.5 Å². The molecule has 1 unspecified atom stereocenters. The second-order valence-electron chi connectivity index (χ2n) is 7.37. The Morgan fingerprint density at radius 2 is 1.48 bits per heavy atom. The highest BCUT2D eigenvalue weighted by atomic mass is 19.4. The zero-order valence-corrected chi connectivity index (χ0v) is 18.9. The van der Waals surface area contributed by atoms with E-state index in [2.05, 4.69) is 44.8 Å². The second-order valence-corrected chi connectivity index (χ2v) is 7.37. The zero-order valence-electron chi connectivity index (χ0n) is 18.9. The van der Waals surface area contributed by atoms with Gasteiger partial charge in [0.05, 0.1) is 5.56 Å². The molecule has 0 N–H and O–H groups in total. The summed E-state index contributed by atoms with van der Waals surface area (Å²) < 4.78 is 49.5. The van der Waals surface area contributed by atoms with Crippen LogP contribution in [0.1, 0.15) is 102 Å². The van der Waals surface area contributed by atoms with Crippen molar-refractivity contribution in [3.8, 4) is 0 Å². The molecule has 0 saturated carbocycles. The fourth-order valence-corrected chi connectivity index (χ4v) is 2.46. The van der Waals surface area contributed by atoms with E-state index in [0.717, 1.165) is 6.07 Å². The lowest BCUT2D eigenvalue weighted by Gasteiger charge is -2.10. The van der Waals surface area contributed by atoms with Gasteiger partial charge in [-0.3, -0.25) is 4.98 Å². The molecule has 1 aromatic carbocycles. The van der Waals surface area contributed by atoms with E-state index in [-0.39, 0.29) is 5.92 Å². The molecule has 0 fully saturated rings. The lowest BCUT2D eigenvalue weighted by molar-refractivity contribution is -0.137. The SMILES string of the molecule is CC.CC(C)c1ccc(C(F)(F)F)cc1F.CCC(C)c1ccc(C(C)C)nc1. The summed E-state index contributed by atoms with van der Waals surface area (Å²) in [6, 6.07) is 6.97. The lowest BCUT2D eigenvalue weighted by atomic mass is 9.99. The molecule has 0 bridgehead atoms. The first-order valence-corrected chi connectivity index (χ1v) is 10.3. The molecule has 1 atom stereocenters. The molecule has 2 rings (SSSR count). The third-order valence-electron chi connectivity index (χ3n) is 4.53. The monoisotopic (exact) mass is 413 g/mol. The third kappa shape index (κ3) is 8.97. The van der Waals surface area contributed by atoms with Crippen LogP contribution in [0, 0.1) is 5.82 Å². The normalized spacial score (nSPS) is 12.1. The molecule has 0 aliphatic carbocycles. The van der Waals surface area contributed by atoms with Crippen LogP contribution in [0.4, 0.5) is 17.6 Å². The molecular weight excluding hydrogens is 378 g/mol. The molecule has 1 heterocycles. The van der Waals surface area contributed by atoms with Crippen molar-refractivity contribution in [1.82, 2.24) is 4.98 Å². The van der Waals surface area contributed by atoms with Crippen molar-refractivity contribution in [2.75, 3.05) is 0 Å². The van der Waals surface area contributed by atoms with Gasteiger partial charge in [0.1, 0.15) is 5.82 Å². The van der Waals surface area contributed by atoms with Gasteiger partial charge in [-0.05, 0) is 53.5 Å². The predicted octanol–water partition coefficient (Wildman–Crippen LogP) is 8.71. The van der Waals surface area contributed by atoms with Gasteiger partial charge in [0.15, 0.2) is 0 Å². The van der Waals surface area contributed by atoms with Crippen molar-refractivity contribution in [1.29, 1.82) is 0 Å². The number of alkyl halides is 3. The smallest absolute Gasteiger partial charge is 0.261 e. The van der Waals surface area contributed by atoms with Crippen molar-refractivity contribution in [3.63, 3.8) is 0 Å². The summed E-state index contributed by atoms with van der Waals surface area (Å²) in [6.45, 7) is 16.3. The maximum absolute atomic E-state index is 13.1. The summed E-state index contributed by atoms with van der Waals surface area (Å²) in [6.07, 6.45) is -1.28. The summed E-state index contributed by atoms with van der Waals surface area (Å²) in [5.74, 6) is 0.256. The molecule has 164 valence electrons. The first-order valence-electron chi connectivity index (χ1n) is 10.3. The molecule has 29 heavy (non-hydrogen) atoms. The van der Waals surface area contributed by atoms with Crippen LogP contribution in [-0.4, -0.2) is 4.98 Å². The maximum atomic E-state index is 13.1. The molecule has 0 aliphatic rings. The van der Waals surface area contributed by atoms with Gasteiger partial charge in [-0.15, -0.1) is 0 Å². The van der Waals surface area contributed by atoms with Crippen molar-refractivity contribution < 1.29 is 17.6 Å². The minimum atomic E-state index is -4.48. The number of pyridine rings is 1. The van der Waals surface area contributed by atoms with Crippen LogP contribution >= 0.6 is 0 Å². The standard InChI is InChI=1S/C12H19N.C10H10F4.C2H6/c1-5-10(4)11-6-7-12(9(2)3)13-8-11;1-6(2)8-4-3-7(5-9(8)11)10(12,13)14;1-2/h6-10H,5H2,1-4H3;3-6H,1-2H3;1-2H3. The average Bonchev–Trinajstić information content (AvgIpc) is 2.68. The quantitative estimate of drug-likeness (QED) is 0.457. The molecule has 5 heteroatoms. The van der Waals surface area contributed by atoms with Crippen molar-refractivity contribution >= 4 is 0 Å². The molecule has 2 aromatic rings. The fourth-order valence-electron chi connectivity index (χ4n) is 2.46. The Kier molecular flexibility index (Phi) is 11.8. The van der Waals surface area contributed by atoms with Crippen LogP contribution in [0.2, 0.25) is 0 Å². The highest BCUT2D eigenvalue weighted by Crippen LogP contribution is 2.31. The van der Waals surface area contributed by atoms with Gasteiger partial charge < -0.3 is 0 Å². The van der Waals surface area contributed by atoms with Gasteiger partial charge in [-0.25, -0.2) is 4.39 Å². The number of hydrogen-bond acceptors (Lipinski definition) is 1. The molecule has 0 aliphatic heterocycles. The van der Waals surface area contributed by atoms with Crippen molar-refractivity contribution in [2.24, 2.45) is 0 Å². The molecule has 0 spiro atoms. The molecule has 0 radical (unpaired) electrons. The molecule has 0 saturated heterocycles. The number of hydrogen-bond donors (Lipinski definition) is 0. The highest BCUT2D eigenvalue weighted by molar-refractivity contribution is 5.28. The zero-order chi connectivity index (χ0) is 22.8. The largest absolute Gasteiger partial charge is 0.416 e. The number of rotatable bonds is 4. The topological polar surface area (TPSA) is 12.9 Å². The van der Waals surface area contributed by atoms with Crippen molar-refractivity contribution in [2.45, 2.75) is 85.7 Å². The fraction of sp³-hybridized carbons (Fsp3) is 0.542. The predicted molar refractivity (Wildman–Crippen MR) is 114 cm³/mol. The molecular formula is C24H35F4N. The molecule has 0 amide bonds. The van der Waals surface area contributed by atoms with Gasteiger partial charge in [0.25, 0.3) is 0 Å². The molecule has 1 nitrogen and oxygen atoms in total. The first-order chi connectivity index (χ1) is 13.5. The minimum absolute atomic E-state index is 0.114. The molecule has 1 aromatic heterocycles. The van der Waals surface area contributed by atoms with E-state index in [4.69, 9.17) is 0 Å². The summed E-state index contributed by atoms with van der Waals surface area (Å²) in [5.41, 5.74) is 1.90. The Morgan fingerprint density at radius 1 is 0.897 bits per heavy atom. The van der Waals surface area contributed by atoms with E-state index in [0.29, 0.717) is 23.5 Å². The third-order valence-corrected chi connectivity index (χ3v) is 4.53. The average molecular weight is 414 g/mol. The summed E-state index contributed by atoms with van der Waals surface area (Å²) in [5, 5.41) is 0. The lowest BCUT2D eigenvalue weighted by Crippen LogP contribution is -2.06. The summed E-state index contributed by atoms with van der Waals surface area (Å²) in [4.78, 5) is 4.45. The van der Waals surface area contributed by atoms with E-state index in [1.807, 2.05) is 20.0 Å². The Bertz CT molecular complexity index is 704. The van der Waals surface area contributed by atoms with Crippen molar-refractivity contribution in [3.05, 3.63) is 64.7 Å². The van der Waals surface area contributed by atoms with Crippen LogP contribution in [0.5, 0.6) is 0 Å². The van der Waals surface area contributed by atoms with Gasteiger partial charge >= 0.3 is 6.18 Å². The summed E-state index contributed by atoms with van der Waals surface area (Å²) >= 11 is 0. The van der Waals surface area contributed by atoms with E-state index in [1.165, 1.54) is 23.7 Å². The van der Waals surface area contributed by atoms with Gasteiger partial charge in [0, 0.05) is 11.9 Å². The van der Waals surface area contributed by atoms with Crippen LogP contribution in [0.25, 0.3) is 0 Å². The van der Waals surface area contributed by atoms with E-state index in [1.54, 1.807) is 13.8 Å². The van der Waals surface area contributed by atoms with E-state index in [9.17, 15) is 17.6 Å². The number of aromatic nitrogens is 1. The maximum Gasteiger partial charge on any atom is 0.416 e. The Labute approximate surface area is 173 Å². The van der Waals surface area contributed by atoms with Gasteiger partial charge in [0.2, 0.25) is 0 Å². The summed E-state index contributed by atoms with van der Waals surface area (Å²) in [7, 11) is 0. The Balaban J connectivity index is 0.000000499. The van der Waals surface area contributed by atoms with E-state index >= 15 is 0 Å². The second kappa shape index (κ2) is 12.6. The van der Waals surface area contributed by atoms with Crippen LogP contribution in [0.15, 0.2) is 36.5 Å². The van der Waals surface area contributed by atoms with Crippen LogP contribution < -0.4 is 0 Å². The van der Waals surface area contributed by atoms with Crippen LogP contribution in [-0.2, 0) is 6.18 Å². The van der Waals surface area contributed by atoms with E-state index < -0.39 is 17.6 Å². The first kappa shape index (κ1) is 27.1. The minimum Gasteiger partial charge on any atom is -0.261 e. The van der Waals surface area contributed by atoms with Crippen LogP contribution in [0.3, 0.4) is 0 Å². The highest BCUT2D eigenvalue weighted by Gasteiger charge is 2.31. The van der Waals surface area contributed by atoms with Gasteiger partial charge in [-0.2, -0.15) is 13.2 Å². The number of halogens is 4. The Hall–Kier alpha value is -1.91.